The lowest BCUT2D eigenvalue weighted by atomic mass is 10.2. The van der Waals surface area contributed by atoms with Crippen molar-refractivity contribution in [3.05, 3.63) is 38.7 Å². The van der Waals surface area contributed by atoms with Gasteiger partial charge in [0.1, 0.15) is 12.0 Å². The second kappa shape index (κ2) is 6.61. The first-order valence-corrected chi connectivity index (χ1v) is 6.98. The van der Waals surface area contributed by atoms with Crippen molar-refractivity contribution >= 4 is 23.1 Å². The molecule has 0 saturated carbocycles. The summed E-state index contributed by atoms with van der Waals surface area (Å²) in [4.78, 5) is 14.1. The molecule has 2 aromatic rings. The van der Waals surface area contributed by atoms with Crippen molar-refractivity contribution in [2.75, 3.05) is 12.4 Å². The Kier molecular flexibility index (Phi) is 4.81. The average Bonchev–Trinajstić information content (AvgIpc) is 2.80. The number of nitrogens with one attached hydrogen (secondary N) is 1. The second-order valence-corrected chi connectivity index (χ2v) is 4.95. The van der Waals surface area contributed by atoms with Crippen LogP contribution in [0.4, 0.5) is 11.5 Å². The van der Waals surface area contributed by atoms with Gasteiger partial charge in [0.2, 0.25) is 5.88 Å². The molecular formula is C13H16ClN5O3. The Balaban J connectivity index is 2.22. The summed E-state index contributed by atoms with van der Waals surface area (Å²) in [5, 5.41) is 18.3. The van der Waals surface area contributed by atoms with E-state index >= 15 is 0 Å². The van der Waals surface area contributed by atoms with Crippen LogP contribution in [0.5, 0.6) is 5.88 Å². The van der Waals surface area contributed by atoms with E-state index in [1.54, 1.807) is 18.8 Å². The van der Waals surface area contributed by atoms with Crippen LogP contribution in [0.15, 0.2) is 12.3 Å². The minimum absolute atomic E-state index is 0.149. The molecule has 9 heteroatoms. The fourth-order valence-corrected chi connectivity index (χ4v) is 2.38. The summed E-state index contributed by atoms with van der Waals surface area (Å²) in [6, 6.07) is 1.26. The average molecular weight is 326 g/mol. The van der Waals surface area contributed by atoms with Gasteiger partial charge in [0.15, 0.2) is 0 Å². The molecule has 0 fully saturated rings. The zero-order valence-corrected chi connectivity index (χ0v) is 13.2. The summed E-state index contributed by atoms with van der Waals surface area (Å²) >= 11 is 6.01. The molecule has 0 aliphatic carbocycles. The largest absolute Gasteiger partial charge is 0.481 e. The zero-order valence-electron chi connectivity index (χ0n) is 12.5. The van der Waals surface area contributed by atoms with Gasteiger partial charge >= 0.3 is 0 Å². The van der Waals surface area contributed by atoms with E-state index in [0.29, 0.717) is 18.2 Å². The predicted molar refractivity (Wildman–Crippen MR) is 82.4 cm³/mol. The monoisotopic (exact) mass is 325 g/mol. The van der Waals surface area contributed by atoms with Crippen LogP contribution in [0, 0.1) is 10.1 Å². The Morgan fingerprint density at radius 2 is 2.27 bits per heavy atom. The molecule has 0 atom stereocenters. The van der Waals surface area contributed by atoms with Gasteiger partial charge in [-0.05, 0) is 6.42 Å². The lowest BCUT2D eigenvalue weighted by Gasteiger charge is -2.09. The fourth-order valence-electron chi connectivity index (χ4n) is 2.15. The summed E-state index contributed by atoms with van der Waals surface area (Å²) in [6.45, 7) is 2.41. The number of hydrogen-bond donors (Lipinski definition) is 1. The van der Waals surface area contributed by atoms with Crippen molar-refractivity contribution < 1.29 is 9.66 Å². The molecule has 0 amide bonds. The normalized spacial score (nSPS) is 10.5. The summed E-state index contributed by atoms with van der Waals surface area (Å²) in [5.74, 6) is 1.03. The lowest BCUT2D eigenvalue weighted by molar-refractivity contribution is -0.385. The Bertz CT molecular complexity index is 701. The highest BCUT2D eigenvalue weighted by atomic mass is 35.5. The van der Waals surface area contributed by atoms with Crippen molar-refractivity contribution in [2.45, 2.75) is 19.9 Å². The van der Waals surface area contributed by atoms with E-state index < -0.39 is 4.92 Å². The first-order chi connectivity index (χ1) is 10.5. The molecule has 0 bridgehead atoms. The van der Waals surface area contributed by atoms with E-state index in [1.165, 1.54) is 6.07 Å². The molecule has 1 N–H and O–H groups in total. The van der Waals surface area contributed by atoms with Crippen LogP contribution in [-0.4, -0.2) is 26.8 Å². The molecule has 0 aliphatic rings. The van der Waals surface area contributed by atoms with Crippen LogP contribution < -0.4 is 10.1 Å². The lowest BCUT2D eigenvalue weighted by Crippen LogP contribution is -2.05. The smallest absolute Gasteiger partial charge is 0.289 e. The standard InChI is InChI=1S/C13H16ClN5O3/c1-4-11-9(13(22-3)18(2)17-11)7-16-12-10(14)5-8(6-15-12)19(20)21/h5-6H,4,7H2,1-3H3,(H,15,16). The minimum atomic E-state index is -0.540. The second-order valence-electron chi connectivity index (χ2n) is 4.55. The van der Waals surface area contributed by atoms with E-state index in [0.717, 1.165) is 23.9 Å². The van der Waals surface area contributed by atoms with E-state index in [4.69, 9.17) is 16.3 Å². The number of nitrogens with zero attached hydrogens (tertiary/aromatic N) is 4. The number of ether oxygens (including phenoxy) is 1. The fraction of sp³-hybridized carbons (Fsp3) is 0.385. The highest BCUT2D eigenvalue weighted by molar-refractivity contribution is 6.33. The zero-order chi connectivity index (χ0) is 16.3. The molecule has 2 heterocycles. The van der Waals surface area contributed by atoms with Gasteiger partial charge in [-0.3, -0.25) is 10.1 Å². The van der Waals surface area contributed by atoms with Gasteiger partial charge in [0, 0.05) is 19.7 Å². The van der Waals surface area contributed by atoms with Crippen molar-refractivity contribution in [1.82, 2.24) is 14.8 Å². The van der Waals surface area contributed by atoms with Crippen molar-refractivity contribution in [3.63, 3.8) is 0 Å². The Labute approximate surface area is 132 Å². The van der Waals surface area contributed by atoms with Crippen molar-refractivity contribution in [1.29, 1.82) is 0 Å². The number of methoxy groups -OCH3 is 1. The molecule has 0 radical (unpaired) electrons. The maximum absolute atomic E-state index is 10.7. The SMILES string of the molecule is CCc1nn(C)c(OC)c1CNc1ncc([N+](=O)[O-])cc1Cl. The molecule has 2 rings (SSSR count). The van der Waals surface area contributed by atoms with Gasteiger partial charge in [0.05, 0.1) is 28.3 Å². The van der Waals surface area contributed by atoms with Crippen LogP contribution in [0.2, 0.25) is 5.02 Å². The van der Waals surface area contributed by atoms with E-state index in [1.807, 2.05) is 6.92 Å². The van der Waals surface area contributed by atoms with Gasteiger partial charge < -0.3 is 10.1 Å². The van der Waals surface area contributed by atoms with Crippen molar-refractivity contribution in [3.8, 4) is 5.88 Å². The Morgan fingerprint density at radius 1 is 1.55 bits per heavy atom. The quantitative estimate of drug-likeness (QED) is 0.647. The van der Waals surface area contributed by atoms with Crippen LogP contribution in [-0.2, 0) is 20.0 Å². The maximum atomic E-state index is 10.7. The molecule has 0 unspecified atom stereocenters. The number of hydrogen-bond acceptors (Lipinski definition) is 6. The highest BCUT2D eigenvalue weighted by Gasteiger charge is 2.17. The molecule has 0 aromatic carbocycles. The van der Waals surface area contributed by atoms with Gasteiger partial charge in [-0.15, -0.1) is 0 Å². The minimum Gasteiger partial charge on any atom is -0.481 e. The van der Waals surface area contributed by atoms with E-state index in [-0.39, 0.29) is 10.7 Å². The van der Waals surface area contributed by atoms with Crippen molar-refractivity contribution in [2.24, 2.45) is 7.05 Å². The summed E-state index contributed by atoms with van der Waals surface area (Å²) < 4.78 is 7.01. The molecular weight excluding hydrogens is 310 g/mol. The summed E-state index contributed by atoms with van der Waals surface area (Å²) in [5.41, 5.74) is 1.66. The molecule has 0 saturated heterocycles. The van der Waals surface area contributed by atoms with Gasteiger partial charge in [0.25, 0.3) is 5.69 Å². The number of anilines is 1. The number of pyridine rings is 1. The Morgan fingerprint density at radius 3 is 2.82 bits per heavy atom. The van der Waals surface area contributed by atoms with E-state index in [2.05, 4.69) is 15.4 Å². The van der Waals surface area contributed by atoms with E-state index in [9.17, 15) is 10.1 Å². The topological polar surface area (TPSA) is 95.1 Å². The first kappa shape index (κ1) is 16.0. The molecule has 8 nitrogen and oxygen atoms in total. The highest BCUT2D eigenvalue weighted by Crippen LogP contribution is 2.27. The third-order valence-electron chi connectivity index (χ3n) is 3.17. The predicted octanol–water partition coefficient (Wildman–Crippen LogP) is 2.56. The molecule has 0 aliphatic heterocycles. The first-order valence-electron chi connectivity index (χ1n) is 6.60. The van der Waals surface area contributed by atoms with Gasteiger partial charge in [-0.1, -0.05) is 18.5 Å². The maximum Gasteiger partial charge on any atom is 0.289 e. The number of rotatable bonds is 6. The number of halogens is 1. The molecule has 118 valence electrons. The van der Waals surface area contributed by atoms with Gasteiger partial charge in [-0.2, -0.15) is 5.10 Å². The Hall–Kier alpha value is -2.35. The third kappa shape index (κ3) is 3.11. The number of nitro groups is 1. The van der Waals surface area contributed by atoms with Crippen LogP contribution in [0.3, 0.4) is 0 Å². The molecule has 2 aromatic heterocycles. The summed E-state index contributed by atoms with van der Waals surface area (Å²) in [7, 11) is 3.38. The molecule has 22 heavy (non-hydrogen) atoms. The van der Waals surface area contributed by atoms with Crippen LogP contribution >= 0.6 is 11.6 Å². The third-order valence-corrected chi connectivity index (χ3v) is 3.46. The molecule has 0 spiro atoms. The number of aryl methyl sites for hydroxylation is 2. The van der Waals surface area contributed by atoms with Crippen LogP contribution in [0.25, 0.3) is 0 Å². The summed E-state index contributed by atoms with van der Waals surface area (Å²) in [6.07, 6.45) is 1.92. The number of aromatic nitrogens is 3. The van der Waals surface area contributed by atoms with Gasteiger partial charge in [-0.25, -0.2) is 9.67 Å². The van der Waals surface area contributed by atoms with Crippen LogP contribution in [0.1, 0.15) is 18.2 Å².